The number of benzene rings is 3. The number of phenols is 1. The molecule has 0 fully saturated rings. The number of methoxy groups -OCH3 is 1. The Labute approximate surface area is 174 Å². The second-order valence-corrected chi connectivity index (χ2v) is 6.28. The van der Waals surface area contributed by atoms with Crippen LogP contribution < -0.4 is 10.1 Å². The zero-order chi connectivity index (χ0) is 21.3. The molecule has 3 aromatic rings. The van der Waals surface area contributed by atoms with Crippen molar-refractivity contribution in [3.8, 4) is 23.3 Å². The number of ether oxygens (including phenoxy) is 1. The lowest BCUT2D eigenvalue weighted by molar-refractivity contribution is -0.111. The van der Waals surface area contributed by atoms with Gasteiger partial charge in [0.05, 0.1) is 7.11 Å². The van der Waals surface area contributed by atoms with Gasteiger partial charge in [0.25, 0.3) is 0 Å². The van der Waals surface area contributed by atoms with Crippen LogP contribution in [0.5, 0.6) is 11.5 Å². The lowest BCUT2D eigenvalue weighted by atomic mass is 10.1. The molecule has 0 saturated heterocycles. The van der Waals surface area contributed by atoms with Gasteiger partial charge in [-0.2, -0.15) is 0 Å². The van der Waals surface area contributed by atoms with Gasteiger partial charge in [0, 0.05) is 22.7 Å². The van der Waals surface area contributed by atoms with E-state index < -0.39 is 5.91 Å². The van der Waals surface area contributed by atoms with Crippen LogP contribution in [0.25, 0.3) is 6.08 Å². The van der Waals surface area contributed by atoms with E-state index in [1.807, 2.05) is 30.3 Å². The minimum atomic E-state index is -0.431. The zero-order valence-electron chi connectivity index (χ0n) is 16.3. The molecule has 148 valence electrons. The first kappa shape index (κ1) is 20.4. The lowest BCUT2D eigenvalue weighted by Gasteiger charge is -2.04. The van der Waals surface area contributed by atoms with E-state index in [4.69, 9.17) is 4.74 Å². The predicted octanol–water partition coefficient (Wildman–Crippen LogP) is 4.29. The molecule has 0 atom stereocenters. The van der Waals surface area contributed by atoms with Crippen LogP contribution in [0.3, 0.4) is 0 Å². The topological polar surface area (TPSA) is 75.6 Å². The summed E-state index contributed by atoms with van der Waals surface area (Å²) in [5, 5.41) is 12.3. The number of anilines is 1. The van der Waals surface area contributed by atoms with Crippen molar-refractivity contribution in [2.45, 2.75) is 0 Å². The Bertz CT molecular complexity index is 1140. The summed E-state index contributed by atoms with van der Waals surface area (Å²) in [5.74, 6) is 5.06. The Hall–Kier alpha value is -4.30. The zero-order valence-corrected chi connectivity index (χ0v) is 16.3. The van der Waals surface area contributed by atoms with Gasteiger partial charge in [0.15, 0.2) is 17.3 Å². The Balaban J connectivity index is 1.61. The van der Waals surface area contributed by atoms with Gasteiger partial charge in [-0.25, -0.2) is 0 Å². The van der Waals surface area contributed by atoms with Gasteiger partial charge in [-0.05, 0) is 60.2 Å². The normalized spacial score (nSPS) is 10.2. The van der Waals surface area contributed by atoms with Crippen LogP contribution in [0.4, 0.5) is 5.69 Å². The van der Waals surface area contributed by atoms with Crippen LogP contribution in [-0.4, -0.2) is 23.9 Å². The van der Waals surface area contributed by atoms with Crippen molar-refractivity contribution in [3.63, 3.8) is 0 Å². The molecule has 0 unspecified atom stereocenters. The molecule has 30 heavy (non-hydrogen) atoms. The van der Waals surface area contributed by atoms with Crippen molar-refractivity contribution < 1.29 is 19.4 Å². The highest BCUT2D eigenvalue weighted by Crippen LogP contribution is 2.26. The fraction of sp³-hybridized carbons (Fsp3) is 0.0400. The Morgan fingerprint density at radius 2 is 1.73 bits per heavy atom. The molecule has 0 aliphatic heterocycles. The van der Waals surface area contributed by atoms with Crippen molar-refractivity contribution in [2.24, 2.45) is 0 Å². The monoisotopic (exact) mass is 397 g/mol. The molecule has 3 rings (SSSR count). The van der Waals surface area contributed by atoms with E-state index in [-0.39, 0.29) is 11.5 Å². The molecule has 0 radical (unpaired) electrons. The number of hydrogen-bond donors (Lipinski definition) is 2. The van der Waals surface area contributed by atoms with Crippen molar-refractivity contribution in [2.75, 3.05) is 12.4 Å². The van der Waals surface area contributed by atoms with Gasteiger partial charge in [0.2, 0.25) is 0 Å². The molecule has 0 aliphatic carbocycles. The molecule has 1 amide bonds. The highest BCUT2D eigenvalue weighted by atomic mass is 16.5. The number of amides is 1. The summed E-state index contributed by atoms with van der Waals surface area (Å²) in [6.07, 6.45) is 3.07. The van der Waals surface area contributed by atoms with Gasteiger partial charge in [-0.3, -0.25) is 9.59 Å². The summed E-state index contributed by atoms with van der Waals surface area (Å²) in [4.78, 5) is 24.3. The SMILES string of the molecule is COc1cc(/C=C/C(=O)c2ccc(NC(=O)C#Cc3ccccc3)cc2)ccc1O. The fourth-order valence-corrected chi connectivity index (χ4v) is 2.60. The third kappa shape index (κ3) is 5.60. The first-order valence-electron chi connectivity index (χ1n) is 9.12. The number of allylic oxidation sites excluding steroid dienone is 1. The number of phenolic OH excluding ortho intramolecular Hbond substituents is 1. The summed E-state index contributed by atoms with van der Waals surface area (Å²) < 4.78 is 5.05. The van der Waals surface area contributed by atoms with Crippen molar-refractivity contribution >= 4 is 23.5 Å². The number of nitrogens with one attached hydrogen (secondary N) is 1. The maximum Gasteiger partial charge on any atom is 0.300 e. The Morgan fingerprint density at radius 3 is 2.43 bits per heavy atom. The Kier molecular flexibility index (Phi) is 6.65. The lowest BCUT2D eigenvalue weighted by Crippen LogP contribution is -2.08. The third-order valence-corrected chi connectivity index (χ3v) is 4.15. The molecular formula is C25H19NO4. The van der Waals surface area contributed by atoms with E-state index in [0.29, 0.717) is 17.0 Å². The molecule has 0 aromatic heterocycles. The molecule has 0 spiro atoms. The standard InChI is InChI=1S/C25H19NO4/c1-30-24-17-19(8-15-23(24)28)7-14-22(27)20-10-12-21(13-11-20)26-25(29)16-9-18-5-3-2-4-6-18/h2-8,10-15,17,28H,1H3,(H,26,29)/b14-7+. The van der Waals surface area contributed by atoms with Crippen LogP contribution in [0.15, 0.2) is 78.9 Å². The summed E-state index contributed by atoms with van der Waals surface area (Å²) in [6.45, 7) is 0. The van der Waals surface area contributed by atoms with Gasteiger partial charge in [-0.15, -0.1) is 0 Å². The van der Waals surface area contributed by atoms with Gasteiger partial charge in [0.1, 0.15) is 0 Å². The molecule has 0 aliphatic rings. The van der Waals surface area contributed by atoms with Crippen LogP contribution in [0.1, 0.15) is 21.5 Å². The minimum absolute atomic E-state index is 0.0343. The van der Waals surface area contributed by atoms with E-state index in [0.717, 1.165) is 11.1 Å². The van der Waals surface area contributed by atoms with Crippen LogP contribution in [0, 0.1) is 11.8 Å². The maximum atomic E-state index is 12.4. The van der Waals surface area contributed by atoms with Gasteiger partial charge in [-0.1, -0.05) is 36.3 Å². The van der Waals surface area contributed by atoms with Crippen molar-refractivity contribution in [1.29, 1.82) is 0 Å². The second kappa shape index (κ2) is 9.76. The smallest absolute Gasteiger partial charge is 0.300 e. The summed E-state index contributed by atoms with van der Waals surface area (Å²) in [5.41, 5.74) is 2.50. The fourth-order valence-electron chi connectivity index (χ4n) is 2.60. The van der Waals surface area contributed by atoms with Gasteiger partial charge < -0.3 is 15.2 Å². The molecule has 5 nitrogen and oxygen atoms in total. The van der Waals surface area contributed by atoms with Gasteiger partial charge >= 0.3 is 5.91 Å². The molecule has 0 bridgehead atoms. The van der Waals surface area contributed by atoms with E-state index in [2.05, 4.69) is 17.2 Å². The number of carbonyl (C=O) groups is 2. The Morgan fingerprint density at radius 1 is 1.00 bits per heavy atom. The quantitative estimate of drug-likeness (QED) is 0.383. The van der Waals surface area contributed by atoms with Crippen molar-refractivity contribution in [3.05, 3.63) is 95.6 Å². The van der Waals surface area contributed by atoms with Crippen LogP contribution >= 0.6 is 0 Å². The average Bonchev–Trinajstić information content (AvgIpc) is 2.78. The number of rotatable bonds is 5. The third-order valence-electron chi connectivity index (χ3n) is 4.15. The van der Waals surface area contributed by atoms with E-state index >= 15 is 0 Å². The average molecular weight is 397 g/mol. The molecule has 0 saturated carbocycles. The maximum absolute atomic E-state index is 12.4. The van der Waals surface area contributed by atoms with Crippen LogP contribution in [-0.2, 0) is 4.79 Å². The van der Waals surface area contributed by atoms with Crippen LogP contribution in [0.2, 0.25) is 0 Å². The second-order valence-electron chi connectivity index (χ2n) is 6.28. The molecule has 2 N–H and O–H groups in total. The molecule has 3 aromatic carbocycles. The van der Waals surface area contributed by atoms with E-state index in [1.54, 1.807) is 42.5 Å². The largest absolute Gasteiger partial charge is 0.504 e. The number of aromatic hydroxyl groups is 1. The van der Waals surface area contributed by atoms with E-state index in [9.17, 15) is 14.7 Å². The highest BCUT2D eigenvalue weighted by molar-refractivity contribution is 6.08. The molecular weight excluding hydrogens is 378 g/mol. The molecule has 0 heterocycles. The number of ketones is 1. The van der Waals surface area contributed by atoms with Crippen molar-refractivity contribution in [1.82, 2.24) is 0 Å². The molecule has 5 heteroatoms. The number of carbonyl (C=O) groups excluding carboxylic acids is 2. The summed E-state index contributed by atoms with van der Waals surface area (Å²) in [6, 6.07) is 20.6. The number of hydrogen-bond acceptors (Lipinski definition) is 4. The first-order chi connectivity index (χ1) is 14.5. The van der Waals surface area contributed by atoms with E-state index in [1.165, 1.54) is 19.3 Å². The first-order valence-corrected chi connectivity index (χ1v) is 9.12. The summed E-state index contributed by atoms with van der Waals surface area (Å²) >= 11 is 0. The predicted molar refractivity (Wildman–Crippen MR) is 116 cm³/mol. The highest BCUT2D eigenvalue weighted by Gasteiger charge is 2.05. The minimum Gasteiger partial charge on any atom is -0.504 e. The summed E-state index contributed by atoms with van der Waals surface area (Å²) in [7, 11) is 1.46.